The van der Waals surface area contributed by atoms with E-state index in [4.69, 9.17) is 4.74 Å². The molecule has 0 fully saturated rings. The van der Waals surface area contributed by atoms with Gasteiger partial charge in [-0.1, -0.05) is 40.2 Å². The zero-order valence-electron chi connectivity index (χ0n) is 15.8. The van der Waals surface area contributed by atoms with Gasteiger partial charge in [-0.05, 0) is 42.0 Å². The summed E-state index contributed by atoms with van der Waals surface area (Å²) in [4.78, 5) is 10.3. The quantitative estimate of drug-likeness (QED) is 0.234. The van der Waals surface area contributed by atoms with E-state index in [1.165, 1.54) is 6.21 Å². The fourth-order valence-electron chi connectivity index (χ4n) is 2.59. The minimum atomic E-state index is -4.68. The highest BCUT2D eigenvalue weighted by Crippen LogP contribution is 2.35. The zero-order chi connectivity index (χ0) is 22.4. The highest BCUT2D eigenvalue weighted by molar-refractivity contribution is 9.10. The average molecular weight is 494 g/mol. The third-order valence-electron chi connectivity index (χ3n) is 4.14. The Balaban J connectivity index is 1.74. The van der Waals surface area contributed by atoms with Crippen molar-refractivity contribution in [2.45, 2.75) is 12.8 Å². The number of nitrogens with zero attached hydrogens (tertiary/aromatic N) is 2. The molecule has 31 heavy (non-hydrogen) atoms. The van der Waals surface area contributed by atoms with Crippen LogP contribution in [-0.2, 0) is 12.8 Å². The van der Waals surface area contributed by atoms with Crippen LogP contribution in [0.2, 0.25) is 0 Å². The number of rotatable bonds is 7. The number of hydrogen-bond donors (Lipinski definition) is 1. The molecule has 0 amide bonds. The fraction of sp³-hybridized carbons (Fsp3) is 0.0952. The summed E-state index contributed by atoms with van der Waals surface area (Å²) in [7, 11) is 0. The first kappa shape index (κ1) is 22.3. The molecule has 0 aliphatic heterocycles. The molecule has 10 heteroatoms. The van der Waals surface area contributed by atoms with Crippen molar-refractivity contribution in [2.75, 3.05) is 5.43 Å². The summed E-state index contributed by atoms with van der Waals surface area (Å²) in [6.07, 6.45) is -3.31. The highest BCUT2D eigenvalue weighted by atomic mass is 79.9. The number of benzene rings is 3. The second-order valence-corrected chi connectivity index (χ2v) is 7.23. The van der Waals surface area contributed by atoms with E-state index in [0.29, 0.717) is 24.0 Å². The standard InChI is InChI=1S/C21H15BrF3N3O3/c22-17-8-5-14(6-9-17)13-31-20-4-2-1-3-15(20)12-26-27-18-10-7-16(21(23,24)25)11-19(18)28(29)30/h1-12,27H,13H2. The molecule has 0 saturated carbocycles. The number of halogens is 4. The normalized spacial score (nSPS) is 11.5. The molecule has 3 aromatic carbocycles. The van der Waals surface area contributed by atoms with Crippen LogP contribution in [0.5, 0.6) is 5.75 Å². The van der Waals surface area contributed by atoms with Gasteiger partial charge >= 0.3 is 6.18 Å². The van der Waals surface area contributed by atoms with Gasteiger partial charge in [0.25, 0.3) is 5.69 Å². The number of hydrogen-bond acceptors (Lipinski definition) is 5. The summed E-state index contributed by atoms with van der Waals surface area (Å²) in [5, 5.41) is 15.1. The van der Waals surface area contributed by atoms with Crippen molar-refractivity contribution >= 4 is 33.5 Å². The predicted molar refractivity (Wildman–Crippen MR) is 114 cm³/mol. The lowest BCUT2D eigenvalue weighted by atomic mass is 10.1. The molecule has 0 bridgehead atoms. The molecular weight excluding hydrogens is 479 g/mol. The molecule has 160 valence electrons. The van der Waals surface area contributed by atoms with Crippen molar-refractivity contribution < 1.29 is 22.8 Å². The summed E-state index contributed by atoms with van der Waals surface area (Å²) in [6.45, 7) is 0.315. The summed E-state index contributed by atoms with van der Waals surface area (Å²) in [5.41, 5.74) is 1.96. The van der Waals surface area contributed by atoms with E-state index in [2.05, 4.69) is 26.5 Å². The molecule has 0 saturated heterocycles. The van der Waals surface area contributed by atoms with Crippen molar-refractivity contribution in [3.63, 3.8) is 0 Å². The van der Waals surface area contributed by atoms with E-state index in [1.54, 1.807) is 24.3 Å². The zero-order valence-corrected chi connectivity index (χ0v) is 17.4. The molecule has 0 aliphatic carbocycles. The number of nitro groups is 1. The van der Waals surface area contributed by atoms with E-state index in [1.807, 2.05) is 24.3 Å². The lowest BCUT2D eigenvalue weighted by Crippen LogP contribution is -2.06. The van der Waals surface area contributed by atoms with Crippen LogP contribution in [0.3, 0.4) is 0 Å². The Bertz CT molecular complexity index is 1100. The number of ether oxygens (including phenoxy) is 1. The van der Waals surface area contributed by atoms with Gasteiger partial charge in [0.05, 0.1) is 16.7 Å². The van der Waals surface area contributed by atoms with E-state index >= 15 is 0 Å². The topological polar surface area (TPSA) is 76.8 Å². The first-order valence-corrected chi connectivity index (χ1v) is 9.64. The number of para-hydroxylation sites is 1. The Kier molecular flexibility index (Phi) is 6.91. The highest BCUT2D eigenvalue weighted by Gasteiger charge is 2.33. The number of nitro benzene ring substituents is 1. The van der Waals surface area contributed by atoms with Crippen LogP contribution in [-0.4, -0.2) is 11.1 Å². The summed E-state index contributed by atoms with van der Waals surface area (Å²) in [5.74, 6) is 0.526. The van der Waals surface area contributed by atoms with Gasteiger partial charge < -0.3 is 4.74 Å². The van der Waals surface area contributed by atoms with Crippen LogP contribution in [0, 0.1) is 10.1 Å². The van der Waals surface area contributed by atoms with Gasteiger partial charge in [0.1, 0.15) is 18.0 Å². The van der Waals surface area contributed by atoms with Crippen LogP contribution in [0.4, 0.5) is 24.5 Å². The molecule has 1 N–H and O–H groups in total. The van der Waals surface area contributed by atoms with E-state index in [-0.39, 0.29) is 5.69 Å². The maximum Gasteiger partial charge on any atom is 0.416 e. The summed E-state index contributed by atoms with van der Waals surface area (Å²) < 4.78 is 45.2. The number of nitrogens with one attached hydrogen (secondary N) is 1. The maximum atomic E-state index is 12.8. The van der Waals surface area contributed by atoms with Crippen molar-refractivity contribution in [2.24, 2.45) is 5.10 Å². The van der Waals surface area contributed by atoms with Gasteiger partial charge in [-0.2, -0.15) is 18.3 Å². The number of anilines is 1. The van der Waals surface area contributed by atoms with Gasteiger partial charge in [0.2, 0.25) is 0 Å². The van der Waals surface area contributed by atoms with Gasteiger partial charge in [-0.15, -0.1) is 0 Å². The van der Waals surface area contributed by atoms with Crippen molar-refractivity contribution in [1.82, 2.24) is 0 Å². The smallest absolute Gasteiger partial charge is 0.416 e. The maximum absolute atomic E-state index is 12.8. The van der Waals surface area contributed by atoms with Crippen LogP contribution in [0.1, 0.15) is 16.7 Å². The largest absolute Gasteiger partial charge is 0.488 e. The first-order chi connectivity index (χ1) is 14.7. The van der Waals surface area contributed by atoms with Gasteiger partial charge in [-0.3, -0.25) is 15.5 Å². The lowest BCUT2D eigenvalue weighted by Gasteiger charge is -2.10. The van der Waals surface area contributed by atoms with E-state index < -0.39 is 22.4 Å². The number of hydrazone groups is 1. The second-order valence-electron chi connectivity index (χ2n) is 6.31. The Morgan fingerprint density at radius 2 is 1.81 bits per heavy atom. The molecule has 3 rings (SSSR count). The molecule has 0 spiro atoms. The number of alkyl halides is 3. The molecule has 0 atom stereocenters. The Morgan fingerprint density at radius 3 is 2.48 bits per heavy atom. The minimum Gasteiger partial charge on any atom is -0.488 e. The first-order valence-electron chi connectivity index (χ1n) is 8.85. The summed E-state index contributed by atoms with van der Waals surface area (Å²) in [6, 6.07) is 16.8. The fourth-order valence-corrected chi connectivity index (χ4v) is 2.85. The Morgan fingerprint density at radius 1 is 1.10 bits per heavy atom. The molecule has 0 unspecified atom stereocenters. The van der Waals surface area contributed by atoms with Crippen molar-refractivity contribution in [3.8, 4) is 5.75 Å². The van der Waals surface area contributed by atoms with Crippen molar-refractivity contribution in [1.29, 1.82) is 0 Å². The van der Waals surface area contributed by atoms with E-state index in [9.17, 15) is 23.3 Å². The Labute approximate surface area is 183 Å². The predicted octanol–water partition coefficient (Wildman–Crippen LogP) is 6.40. The van der Waals surface area contributed by atoms with Crippen molar-refractivity contribution in [3.05, 3.63) is 98.0 Å². The molecule has 3 aromatic rings. The van der Waals surface area contributed by atoms with Crippen LogP contribution >= 0.6 is 15.9 Å². The minimum absolute atomic E-state index is 0.164. The average Bonchev–Trinajstić information content (AvgIpc) is 2.73. The Hall–Kier alpha value is -3.40. The SMILES string of the molecule is O=[N+]([O-])c1cc(C(F)(F)F)ccc1NN=Cc1ccccc1OCc1ccc(Br)cc1. The third-order valence-corrected chi connectivity index (χ3v) is 4.67. The second kappa shape index (κ2) is 9.61. The summed E-state index contributed by atoms with van der Waals surface area (Å²) >= 11 is 3.37. The monoisotopic (exact) mass is 493 g/mol. The lowest BCUT2D eigenvalue weighted by molar-refractivity contribution is -0.384. The molecule has 0 aliphatic rings. The molecule has 6 nitrogen and oxygen atoms in total. The molecule has 0 aromatic heterocycles. The van der Waals surface area contributed by atoms with Gasteiger partial charge in [0.15, 0.2) is 0 Å². The van der Waals surface area contributed by atoms with Crippen LogP contribution in [0.15, 0.2) is 76.3 Å². The molecule has 0 radical (unpaired) electrons. The third kappa shape index (κ3) is 6.05. The molecule has 0 heterocycles. The van der Waals surface area contributed by atoms with E-state index in [0.717, 1.165) is 22.2 Å². The van der Waals surface area contributed by atoms with Gasteiger partial charge in [0, 0.05) is 16.1 Å². The van der Waals surface area contributed by atoms with Gasteiger partial charge in [-0.25, -0.2) is 0 Å². The van der Waals surface area contributed by atoms with Crippen LogP contribution < -0.4 is 10.2 Å². The molecular formula is C21H15BrF3N3O3. The van der Waals surface area contributed by atoms with Crippen LogP contribution in [0.25, 0.3) is 0 Å².